The van der Waals surface area contributed by atoms with E-state index in [-0.39, 0.29) is 17.9 Å². The van der Waals surface area contributed by atoms with Gasteiger partial charge in [-0.1, -0.05) is 13.0 Å². The van der Waals surface area contributed by atoms with Crippen LogP contribution in [0.1, 0.15) is 35.8 Å². The average molecular weight is 319 g/mol. The van der Waals surface area contributed by atoms with Gasteiger partial charge in [-0.2, -0.15) is 5.10 Å². The van der Waals surface area contributed by atoms with E-state index in [1.165, 1.54) is 4.88 Å². The number of nitrogens with one attached hydrogen (secondary N) is 1. The Balaban J connectivity index is 1.59. The zero-order valence-electron chi connectivity index (χ0n) is 12.9. The zero-order valence-corrected chi connectivity index (χ0v) is 13.7. The van der Waals surface area contributed by atoms with Gasteiger partial charge in [0.2, 0.25) is 5.91 Å². The molecular weight excluding hydrogens is 298 g/mol. The third-order valence-corrected chi connectivity index (χ3v) is 5.20. The first-order chi connectivity index (χ1) is 10.6. The Morgan fingerprint density at radius 3 is 3.18 bits per heavy atom. The van der Waals surface area contributed by atoms with Crippen molar-refractivity contribution in [2.45, 2.75) is 25.4 Å². The van der Waals surface area contributed by atoms with Gasteiger partial charge in [0.1, 0.15) is 0 Å². The molecular formula is C16H21N3O2S. The molecule has 0 radical (unpaired) electrons. The summed E-state index contributed by atoms with van der Waals surface area (Å²) in [5, 5.41) is 9.32. The van der Waals surface area contributed by atoms with Crippen molar-refractivity contribution in [3.05, 3.63) is 40.3 Å². The molecule has 0 aromatic carbocycles. The van der Waals surface area contributed by atoms with Gasteiger partial charge in [0, 0.05) is 42.8 Å². The number of rotatable bonds is 5. The van der Waals surface area contributed by atoms with E-state index in [0.29, 0.717) is 19.1 Å². The number of carbonyl (C=O) groups is 1. The van der Waals surface area contributed by atoms with Crippen molar-refractivity contribution in [1.82, 2.24) is 15.1 Å². The first-order valence-corrected chi connectivity index (χ1v) is 8.44. The summed E-state index contributed by atoms with van der Waals surface area (Å²) in [6.07, 6.45) is 4.29. The number of nitrogens with zero attached hydrogens (tertiary/aromatic N) is 2. The van der Waals surface area contributed by atoms with Crippen LogP contribution in [-0.2, 0) is 16.6 Å². The Labute approximate surface area is 134 Å². The van der Waals surface area contributed by atoms with E-state index in [1.54, 1.807) is 22.2 Å². The summed E-state index contributed by atoms with van der Waals surface area (Å²) >= 11 is 1.73. The molecule has 1 saturated heterocycles. The van der Waals surface area contributed by atoms with Gasteiger partial charge in [-0.3, -0.25) is 9.48 Å². The van der Waals surface area contributed by atoms with Crippen LogP contribution < -0.4 is 5.32 Å². The van der Waals surface area contributed by atoms with E-state index in [9.17, 15) is 4.79 Å². The third kappa shape index (κ3) is 3.23. The van der Waals surface area contributed by atoms with E-state index < -0.39 is 0 Å². The summed E-state index contributed by atoms with van der Waals surface area (Å²) in [4.78, 5) is 13.8. The normalized spacial score (nSPS) is 22.6. The fourth-order valence-corrected chi connectivity index (χ4v) is 3.62. The second kappa shape index (κ2) is 6.62. The fourth-order valence-electron chi connectivity index (χ4n) is 2.83. The molecule has 0 aliphatic carbocycles. The number of aromatic nitrogens is 2. The van der Waals surface area contributed by atoms with Gasteiger partial charge in [-0.15, -0.1) is 11.3 Å². The Morgan fingerprint density at radius 2 is 2.50 bits per heavy atom. The molecule has 0 saturated carbocycles. The molecule has 3 rings (SSSR count). The van der Waals surface area contributed by atoms with Crippen LogP contribution in [0.4, 0.5) is 0 Å². The van der Waals surface area contributed by atoms with E-state index in [1.807, 2.05) is 19.3 Å². The summed E-state index contributed by atoms with van der Waals surface area (Å²) < 4.78 is 7.49. The first kappa shape index (κ1) is 15.2. The van der Waals surface area contributed by atoms with E-state index >= 15 is 0 Å². The summed E-state index contributed by atoms with van der Waals surface area (Å²) in [5.41, 5.74) is 0.978. The van der Waals surface area contributed by atoms with Crippen LogP contribution in [-0.4, -0.2) is 28.8 Å². The molecule has 1 unspecified atom stereocenters. The van der Waals surface area contributed by atoms with Crippen molar-refractivity contribution in [2.75, 3.05) is 13.2 Å². The number of hydrogen-bond acceptors (Lipinski definition) is 4. The van der Waals surface area contributed by atoms with Crippen molar-refractivity contribution in [3.8, 4) is 0 Å². The zero-order chi connectivity index (χ0) is 15.5. The molecule has 1 aliphatic rings. The largest absolute Gasteiger partial charge is 0.373 e. The van der Waals surface area contributed by atoms with Crippen LogP contribution >= 0.6 is 11.3 Å². The van der Waals surface area contributed by atoms with Crippen LogP contribution in [0.15, 0.2) is 29.9 Å². The molecule has 22 heavy (non-hydrogen) atoms. The molecule has 1 amide bonds. The molecule has 2 aromatic heterocycles. The Kier molecular flexibility index (Phi) is 4.59. The quantitative estimate of drug-likeness (QED) is 0.921. The highest BCUT2D eigenvalue weighted by Crippen LogP contribution is 2.34. The number of carbonyl (C=O) groups excluding carboxylic acids is 1. The molecule has 3 heterocycles. The lowest BCUT2D eigenvalue weighted by Crippen LogP contribution is -2.34. The predicted molar refractivity (Wildman–Crippen MR) is 85.8 cm³/mol. The molecule has 5 nitrogen and oxygen atoms in total. The minimum atomic E-state index is -0.175. The van der Waals surface area contributed by atoms with Gasteiger partial charge in [0.15, 0.2) is 0 Å². The van der Waals surface area contributed by atoms with Gasteiger partial charge in [-0.05, 0) is 17.9 Å². The highest BCUT2D eigenvalue weighted by molar-refractivity contribution is 7.10. The van der Waals surface area contributed by atoms with Crippen LogP contribution in [0, 0.1) is 5.92 Å². The summed E-state index contributed by atoms with van der Waals surface area (Å²) in [6.45, 7) is 3.42. The summed E-state index contributed by atoms with van der Waals surface area (Å²) in [7, 11) is 1.87. The van der Waals surface area contributed by atoms with E-state index in [4.69, 9.17) is 4.74 Å². The van der Waals surface area contributed by atoms with Crippen molar-refractivity contribution < 1.29 is 9.53 Å². The second-order valence-electron chi connectivity index (χ2n) is 5.80. The topological polar surface area (TPSA) is 56.1 Å². The number of aryl methyl sites for hydroxylation is 1. The highest BCUT2D eigenvalue weighted by atomic mass is 32.1. The summed E-state index contributed by atoms with van der Waals surface area (Å²) in [5.74, 6) is 0.289. The average Bonchev–Trinajstić information content (AvgIpc) is 3.23. The molecule has 6 heteroatoms. The van der Waals surface area contributed by atoms with Crippen LogP contribution in [0.2, 0.25) is 0 Å². The summed E-state index contributed by atoms with van der Waals surface area (Å²) in [6, 6.07) is 4.15. The molecule has 0 bridgehead atoms. The predicted octanol–water partition coefficient (Wildman–Crippen LogP) is 2.48. The molecule has 118 valence electrons. The van der Waals surface area contributed by atoms with Gasteiger partial charge in [0.25, 0.3) is 0 Å². The third-order valence-electron chi connectivity index (χ3n) is 4.09. The number of thiophene rings is 1. The Hall–Kier alpha value is -1.66. The van der Waals surface area contributed by atoms with Gasteiger partial charge >= 0.3 is 0 Å². The fraction of sp³-hybridized carbons (Fsp3) is 0.500. The van der Waals surface area contributed by atoms with Crippen molar-refractivity contribution in [1.29, 1.82) is 0 Å². The van der Waals surface area contributed by atoms with Gasteiger partial charge in [0.05, 0.1) is 18.2 Å². The minimum absolute atomic E-state index is 0.0785. The van der Waals surface area contributed by atoms with Crippen molar-refractivity contribution >= 4 is 17.2 Å². The lowest BCUT2D eigenvalue weighted by atomic mass is 9.96. The van der Waals surface area contributed by atoms with Gasteiger partial charge < -0.3 is 10.1 Å². The van der Waals surface area contributed by atoms with Gasteiger partial charge in [-0.25, -0.2) is 0 Å². The molecule has 0 spiro atoms. The molecule has 1 aliphatic heterocycles. The Bertz CT molecular complexity index is 623. The second-order valence-corrected chi connectivity index (χ2v) is 6.77. The molecule has 3 atom stereocenters. The minimum Gasteiger partial charge on any atom is -0.373 e. The maximum Gasteiger partial charge on any atom is 0.226 e. The first-order valence-electron chi connectivity index (χ1n) is 7.56. The van der Waals surface area contributed by atoms with Crippen LogP contribution in [0.3, 0.4) is 0 Å². The lowest BCUT2D eigenvalue weighted by molar-refractivity contribution is -0.126. The molecule has 1 N–H and O–H groups in total. The van der Waals surface area contributed by atoms with E-state index in [0.717, 1.165) is 12.0 Å². The number of ether oxygens (including phenoxy) is 1. The number of hydrogen-bond donors (Lipinski definition) is 1. The highest BCUT2D eigenvalue weighted by Gasteiger charge is 2.35. The van der Waals surface area contributed by atoms with Crippen molar-refractivity contribution in [3.63, 3.8) is 0 Å². The lowest BCUT2D eigenvalue weighted by Gasteiger charge is -2.18. The maximum absolute atomic E-state index is 12.5. The van der Waals surface area contributed by atoms with Crippen molar-refractivity contribution in [2.24, 2.45) is 13.0 Å². The monoisotopic (exact) mass is 319 g/mol. The standard InChI is InChI=1S/C16H21N3O2S/c1-11(14-4-3-7-22-14)8-17-16(20)13-5-6-21-15(13)12-9-18-19(2)10-12/h3-4,7,9-11,13,15H,5-6,8H2,1-2H3,(H,17,20)/t11?,13-,15+/m0/s1. The maximum atomic E-state index is 12.5. The number of amides is 1. The van der Waals surface area contributed by atoms with Crippen LogP contribution in [0.5, 0.6) is 0 Å². The smallest absolute Gasteiger partial charge is 0.226 e. The van der Waals surface area contributed by atoms with Crippen LogP contribution in [0.25, 0.3) is 0 Å². The SMILES string of the molecule is CC(CNC(=O)[C@H]1CCO[C@@H]1c1cnn(C)c1)c1cccs1. The Morgan fingerprint density at radius 1 is 1.64 bits per heavy atom. The molecule has 1 fully saturated rings. The van der Waals surface area contributed by atoms with E-state index in [2.05, 4.69) is 28.8 Å². The molecule has 2 aromatic rings.